The van der Waals surface area contributed by atoms with Crippen LogP contribution in [-0.2, 0) is 0 Å². The van der Waals surface area contributed by atoms with E-state index in [0.29, 0.717) is 11.9 Å². The van der Waals surface area contributed by atoms with Crippen LogP contribution in [0.15, 0.2) is 65.6 Å². The zero-order valence-electron chi connectivity index (χ0n) is 14.9. The van der Waals surface area contributed by atoms with E-state index in [-0.39, 0.29) is 5.69 Å². The molecule has 0 bridgehead atoms. The fraction of sp³-hybridized carbons (Fsp3) is 0.150. The van der Waals surface area contributed by atoms with Crippen LogP contribution in [0.1, 0.15) is 18.4 Å². The van der Waals surface area contributed by atoms with Crippen molar-refractivity contribution in [2.75, 3.05) is 17.2 Å². The molecule has 2 heterocycles. The minimum Gasteiger partial charge on any atom is -0.369 e. The largest absolute Gasteiger partial charge is 0.369 e. The van der Waals surface area contributed by atoms with Gasteiger partial charge in [-0.1, -0.05) is 37.3 Å². The Morgan fingerprint density at radius 2 is 1.85 bits per heavy atom. The van der Waals surface area contributed by atoms with Crippen LogP contribution in [0.4, 0.5) is 17.5 Å². The van der Waals surface area contributed by atoms with Gasteiger partial charge in [-0.3, -0.25) is 0 Å². The lowest BCUT2D eigenvalue weighted by molar-refractivity contribution is 0.801. The molecule has 4 rings (SSSR count). The molecule has 2 aromatic heterocycles. The first-order chi connectivity index (χ1) is 13.2. The summed E-state index contributed by atoms with van der Waals surface area (Å²) in [6.07, 6.45) is 1.71. The Morgan fingerprint density at radius 1 is 1.04 bits per heavy atom. The van der Waals surface area contributed by atoms with Gasteiger partial charge < -0.3 is 20.6 Å². The summed E-state index contributed by atoms with van der Waals surface area (Å²) in [6.45, 7) is 2.95. The Bertz CT molecular complexity index is 1100. The van der Waals surface area contributed by atoms with E-state index in [1.807, 2.05) is 42.5 Å². The summed E-state index contributed by atoms with van der Waals surface area (Å²) in [5, 5.41) is 6.53. The fourth-order valence-electron chi connectivity index (χ4n) is 2.91. The van der Waals surface area contributed by atoms with E-state index < -0.39 is 0 Å². The lowest BCUT2D eigenvalue weighted by atomic mass is 10.0. The van der Waals surface area contributed by atoms with Crippen LogP contribution >= 0.6 is 0 Å². The van der Waals surface area contributed by atoms with Crippen LogP contribution in [0.25, 0.3) is 11.0 Å². The highest BCUT2D eigenvalue weighted by Gasteiger charge is 2.06. The predicted molar refractivity (Wildman–Crippen MR) is 108 cm³/mol. The number of hydrogen-bond acceptors (Lipinski definition) is 5. The van der Waals surface area contributed by atoms with Crippen LogP contribution in [0.2, 0.25) is 0 Å². The summed E-state index contributed by atoms with van der Waals surface area (Å²) < 4.78 is 0. The highest BCUT2D eigenvalue weighted by molar-refractivity contribution is 5.79. The van der Waals surface area contributed by atoms with Gasteiger partial charge in [0.05, 0.1) is 11.0 Å². The summed E-state index contributed by atoms with van der Waals surface area (Å²) in [5.41, 5.74) is 3.35. The van der Waals surface area contributed by atoms with Gasteiger partial charge in [0, 0.05) is 18.4 Å². The van der Waals surface area contributed by atoms with Gasteiger partial charge in [0.2, 0.25) is 5.95 Å². The van der Waals surface area contributed by atoms with Crippen LogP contribution in [0.3, 0.4) is 0 Å². The number of H-pyrrole nitrogens is 2. The van der Waals surface area contributed by atoms with Crippen molar-refractivity contribution in [3.63, 3.8) is 0 Å². The SMILES string of the molecule is C[C@@H](CNc1ccnc(Nc2ccc3[nH]c(=O)[nH]c3c2)n1)c1ccccc1. The van der Waals surface area contributed by atoms with Gasteiger partial charge in [-0.25, -0.2) is 9.78 Å². The maximum Gasteiger partial charge on any atom is 0.323 e. The molecular formula is C20H20N6O. The van der Waals surface area contributed by atoms with E-state index in [0.717, 1.165) is 29.1 Å². The molecule has 7 heteroatoms. The average Bonchev–Trinajstić information content (AvgIpc) is 3.06. The third-order valence-corrected chi connectivity index (χ3v) is 4.39. The summed E-state index contributed by atoms with van der Waals surface area (Å²) >= 11 is 0. The van der Waals surface area contributed by atoms with E-state index >= 15 is 0 Å². The lowest BCUT2D eigenvalue weighted by Gasteiger charge is -2.14. The molecule has 0 spiro atoms. The van der Waals surface area contributed by atoms with Crippen molar-refractivity contribution in [1.29, 1.82) is 0 Å². The molecule has 1 atom stereocenters. The number of nitrogens with zero attached hydrogens (tertiary/aromatic N) is 2. The lowest BCUT2D eigenvalue weighted by Crippen LogP contribution is -2.11. The van der Waals surface area contributed by atoms with Gasteiger partial charge in [-0.05, 0) is 35.7 Å². The molecule has 0 amide bonds. The number of fused-ring (bicyclic) bond motifs is 1. The molecule has 2 aromatic carbocycles. The van der Waals surface area contributed by atoms with Gasteiger partial charge in [0.25, 0.3) is 0 Å². The maximum absolute atomic E-state index is 11.4. The molecule has 0 fully saturated rings. The van der Waals surface area contributed by atoms with E-state index in [9.17, 15) is 4.79 Å². The molecule has 0 unspecified atom stereocenters. The monoisotopic (exact) mass is 360 g/mol. The minimum absolute atomic E-state index is 0.225. The normalized spacial score (nSPS) is 12.0. The number of nitrogens with one attached hydrogen (secondary N) is 4. The Labute approximate surface area is 155 Å². The third-order valence-electron chi connectivity index (χ3n) is 4.39. The van der Waals surface area contributed by atoms with Crippen molar-refractivity contribution >= 4 is 28.5 Å². The zero-order valence-corrected chi connectivity index (χ0v) is 14.9. The molecule has 0 saturated carbocycles. The number of rotatable bonds is 6. The standard InChI is InChI=1S/C20H20N6O/c1-13(14-5-3-2-4-6-14)12-22-18-9-10-21-19(26-18)23-15-7-8-16-17(11-15)25-20(27)24-16/h2-11,13H,12H2,1H3,(H2,24,25,27)(H2,21,22,23,26)/t13-/m0/s1. The molecule has 0 aliphatic carbocycles. The predicted octanol–water partition coefficient (Wildman–Crippen LogP) is 3.61. The summed E-state index contributed by atoms with van der Waals surface area (Å²) in [5.74, 6) is 1.61. The summed E-state index contributed by atoms with van der Waals surface area (Å²) in [7, 11) is 0. The molecule has 27 heavy (non-hydrogen) atoms. The van der Waals surface area contributed by atoms with E-state index in [2.05, 4.69) is 49.6 Å². The molecule has 0 radical (unpaired) electrons. The van der Waals surface area contributed by atoms with Crippen molar-refractivity contribution in [2.45, 2.75) is 12.8 Å². The summed E-state index contributed by atoms with van der Waals surface area (Å²) in [6, 6.07) is 17.8. The summed E-state index contributed by atoms with van der Waals surface area (Å²) in [4.78, 5) is 25.6. The molecule has 0 aliphatic rings. The second-order valence-electron chi connectivity index (χ2n) is 6.42. The number of aromatic nitrogens is 4. The quantitative estimate of drug-likeness (QED) is 0.421. The third kappa shape index (κ3) is 3.98. The van der Waals surface area contributed by atoms with Crippen LogP contribution in [0.5, 0.6) is 0 Å². The molecule has 4 N–H and O–H groups in total. The maximum atomic E-state index is 11.4. The Kier molecular flexibility index (Phi) is 4.57. The highest BCUT2D eigenvalue weighted by Crippen LogP contribution is 2.19. The first kappa shape index (κ1) is 16.8. The minimum atomic E-state index is -0.225. The van der Waals surface area contributed by atoms with Crippen molar-refractivity contribution < 1.29 is 0 Å². The Hall–Kier alpha value is -3.61. The van der Waals surface area contributed by atoms with Crippen LogP contribution in [0, 0.1) is 0 Å². The van der Waals surface area contributed by atoms with Crippen LogP contribution < -0.4 is 16.3 Å². The fourth-order valence-corrected chi connectivity index (χ4v) is 2.91. The first-order valence-corrected chi connectivity index (χ1v) is 8.78. The first-order valence-electron chi connectivity index (χ1n) is 8.78. The second-order valence-corrected chi connectivity index (χ2v) is 6.42. The number of anilines is 3. The Balaban J connectivity index is 1.44. The average molecular weight is 360 g/mol. The van der Waals surface area contributed by atoms with Crippen molar-refractivity contribution in [2.24, 2.45) is 0 Å². The van der Waals surface area contributed by atoms with Crippen LogP contribution in [-0.4, -0.2) is 26.5 Å². The van der Waals surface area contributed by atoms with Gasteiger partial charge >= 0.3 is 5.69 Å². The number of aromatic amines is 2. The highest BCUT2D eigenvalue weighted by atomic mass is 16.1. The van der Waals surface area contributed by atoms with E-state index in [4.69, 9.17) is 0 Å². The molecular weight excluding hydrogens is 340 g/mol. The number of benzene rings is 2. The van der Waals surface area contributed by atoms with E-state index in [1.54, 1.807) is 6.20 Å². The second kappa shape index (κ2) is 7.33. The van der Waals surface area contributed by atoms with Gasteiger partial charge in [-0.2, -0.15) is 4.98 Å². The molecule has 4 aromatic rings. The van der Waals surface area contributed by atoms with Gasteiger partial charge in [-0.15, -0.1) is 0 Å². The van der Waals surface area contributed by atoms with Gasteiger partial charge in [0.15, 0.2) is 0 Å². The molecule has 0 aliphatic heterocycles. The van der Waals surface area contributed by atoms with Crippen molar-refractivity contribution in [3.8, 4) is 0 Å². The Morgan fingerprint density at radius 3 is 2.70 bits per heavy atom. The smallest absolute Gasteiger partial charge is 0.323 e. The number of hydrogen-bond donors (Lipinski definition) is 4. The topological polar surface area (TPSA) is 98.5 Å². The molecule has 136 valence electrons. The number of imidazole rings is 1. The van der Waals surface area contributed by atoms with Gasteiger partial charge in [0.1, 0.15) is 5.82 Å². The van der Waals surface area contributed by atoms with E-state index in [1.165, 1.54) is 5.56 Å². The molecule has 0 saturated heterocycles. The zero-order chi connectivity index (χ0) is 18.6. The van der Waals surface area contributed by atoms with Crippen molar-refractivity contribution in [3.05, 3.63) is 76.8 Å². The van der Waals surface area contributed by atoms with Crippen molar-refractivity contribution in [1.82, 2.24) is 19.9 Å². The molecule has 7 nitrogen and oxygen atoms in total.